The van der Waals surface area contributed by atoms with Gasteiger partial charge in [0.1, 0.15) is 0 Å². The van der Waals surface area contributed by atoms with Gasteiger partial charge in [-0.05, 0) is 52.9 Å². The maximum atomic E-state index is 10.6. The largest absolute Gasteiger partial charge is 0.476 e. The third-order valence-corrected chi connectivity index (χ3v) is 2.62. The Labute approximate surface area is 99.7 Å². The monoisotopic (exact) mass is 314 g/mol. The Balaban J connectivity index is 2.37. The Morgan fingerprint density at radius 2 is 1.93 bits per heavy atom. The van der Waals surface area contributed by atoms with Crippen molar-refractivity contribution in [1.29, 1.82) is 0 Å². The van der Waals surface area contributed by atoms with Crippen LogP contribution in [0.5, 0.6) is 0 Å². The first-order valence-corrected chi connectivity index (χ1v) is 5.29. The van der Waals surface area contributed by atoms with Crippen molar-refractivity contribution >= 4 is 28.6 Å². The van der Waals surface area contributed by atoms with Crippen molar-refractivity contribution in [1.82, 2.24) is 9.78 Å². The van der Waals surface area contributed by atoms with Gasteiger partial charge in [-0.25, -0.2) is 9.48 Å². The van der Waals surface area contributed by atoms with E-state index < -0.39 is 5.97 Å². The van der Waals surface area contributed by atoms with Crippen LogP contribution in [0, 0.1) is 3.57 Å². The van der Waals surface area contributed by atoms with Crippen molar-refractivity contribution in [2.75, 3.05) is 0 Å². The smallest absolute Gasteiger partial charge is 0.356 e. The van der Waals surface area contributed by atoms with E-state index in [9.17, 15) is 4.79 Å². The highest BCUT2D eigenvalue weighted by Gasteiger charge is 2.07. The number of carboxylic acids is 1. The molecule has 0 amide bonds. The third-order valence-electron chi connectivity index (χ3n) is 1.90. The molecule has 4 nitrogen and oxygen atoms in total. The first-order valence-electron chi connectivity index (χ1n) is 4.22. The topological polar surface area (TPSA) is 55.1 Å². The normalized spacial score (nSPS) is 10.2. The third kappa shape index (κ3) is 2.17. The molecule has 15 heavy (non-hydrogen) atoms. The molecule has 0 unspecified atom stereocenters. The van der Waals surface area contributed by atoms with Gasteiger partial charge in [0.15, 0.2) is 5.69 Å². The van der Waals surface area contributed by atoms with Crippen LogP contribution in [0.15, 0.2) is 36.5 Å². The molecular weight excluding hydrogens is 307 g/mol. The summed E-state index contributed by atoms with van der Waals surface area (Å²) >= 11 is 2.21. The average Bonchev–Trinajstić information content (AvgIpc) is 2.68. The van der Waals surface area contributed by atoms with Gasteiger partial charge in [-0.1, -0.05) is 0 Å². The van der Waals surface area contributed by atoms with Crippen molar-refractivity contribution in [3.63, 3.8) is 0 Å². The summed E-state index contributed by atoms with van der Waals surface area (Å²) in [6.45, 7) is 0. The molecular formula is C10H7IN2O2. The minimum absolute atomic E-state index is 0.0496. The van der Waals surface area contributed by atoms with Crippen LogP contribution in [-0.2, 0) is 0 Å². The van der Waals surface area contributed by atoms with Crippen molar-refractivity contribution in [3.05, 3.63) is 45.8 Å². The molecule has 2 rings (SSSR count). The van der Waals surface area contributed by atoms with Crippen molar-refractivity contribution in [3.8, 4) is 5.69 Å². The summed E-state index contributed by atoms with van der Waals surface area (Å²) in [6, 6.07) is 9.14. The Morgan fingerprint density at radius 3 is 2.47 bits per heavy atom. The predicted octanol–water partition coefficient (Wildman–Crippen LogP) is 2.18. The minimum atomic E-state index is -1.01. The molecule has 0 saturated carbocycles. The zero-order valence-corrected chi connectivity index (χ0v) is 9.75. The lowest BCUT2D eigenvalue weighted by Crippen LogP contribution is -2.00. The molecule has 0 bridgehead atoms. The number of carboxylic acid groups (broad SMARTS) is 1. The number of benzene rings is 1. The second-order valence-electron chi connectivity index (χ2n) is 2.93. The molecule has 0 saturated heterocycles. The molecule has 76 valence electrons. The van der Waals surface area contributed by atoms with E-state index in [2.05, 4.69) is 27.7 Å². The number of aromatic carboxylic acids is 1. The summed E-state index contributed by atoms with van der Waals surface area (Å²) in [5, 5.41) is 12.6. The SMILES string of the molecule is O=C(O)c1ccn(-c2ccc(I)cc2)n1. The predicted molar refractivity (Wildman–Crippen MR) is 63.2 cm³/mol. The van der Waals surface area contributed by atoms with Crippen molar-refractivity contribution < 1.29 is 9.90 Å². The molecule has 0 aliphatic heterocycles. The summed E-state index contributed by atoms with van der Waals surface area (Å²) in [7, 11) is 0. The van der Waals surface area contributed by atoms with Gasteiger partial charge >= 0.3 is 5.97 Å². The Morgan fingerprint density at radius 1 is 1.27 bits per heavy atom. The van der Waals surface area contributed by atoms with E-state index in [1.165, 1.54) is 6.07 Å². The van der Waals surface area contributed by atoms with Crippen LogP contribution in [-0.4, -0.2) is 20.9 Å². The lowest BCUT2D eigenvalue weighted by molar-refractivity contribution is 0.0690. The second kappa shape index (κ2) is 4.01. The van der Waals surface area contributed by atoms with Gasteiger partial charge in [-0.3, -0.25) is 0 Å². The standard InChI is InChI=1S/C10H7IN2O2/c11-7-1-3-8(4-2-7)13-6-5-9(12-13)10(14)15/h1-6H,(H,14,15). The molecule has 1 heterocycles. The molecule has 0 radical (unpaired) electrons. The fraction of sp³-hybridized carbons (Fsp3) is 0. The van der Waals surface area contributed by atoms with Crippen LogP contribution in [0.3, 0.4) is 0 Å². The lowest BCUT2D eigenvalue weighted by atomic mass is 10.3. The van der Waals surface area contributed by atoms with Gasteiger partial charge in [-0.15, -0.1) is 0 Å². The molecule has 1 N–H and O–H groups in total. The highest BCUT2D eigenvalue weighted by Crippen LogP contribution is 2.11. The molecule has 0 atom stereocenters. The number of rotatable bonds is 2. The first kappa shape index (κ1) is 10.2. The van der Waals surface area contributed by atoms with Gasteiger partial charge in [0.05, 0.1) is 5.69 Å². The van der Waals surface area contributed by atoms with E-state index in [1.54, 1.807) is 10.9 Å². The maximum Gasteiger partial charge on any atom is 0.356 e. The number of hydrogen-bond donors (Lipinski definition) is 1. The molecule has 1 aromatic carbocycles. The molecule has 0 fully saturated rings. The Kier molecular flexibility index (Phi) is 2.72. The highest BCUT2D eigenvalue weighted by molar-refractivity contribution is 14.1. The van der Waals surface area contributed by atoms with E-state index >= 15 is 0 Å². The van der Waals surface area contributed by atoms with Gasteiger partial charge in [-0.2, -0.15) is 5.10 Å². The Hall–Kier alpha value is -1.37. The summed E-state index contributed by atoms with van der Waals surface area (Å²) < 4.78 is 2.67. The maximum absolute atomic E-state index is 10.6. The van der Waals surface area contributed by atoms with E-state index in [0.29, 0.717) is 0 Å². The minimum Gasteiger partial charge on any atom is -0.476 e. The number of nitrogens with zero attached hydrogens (tertiary/aromatic N) is 2. The van der Waals surface area contributed by atoms with Gasteiger partial charge in [0.2, 0.25) is 0 Å². The van der Waals surface area contributed by atoms with Crippen LogP contribution in [0.4, 0.5) is 0 Å². The summed E-state index contributed by atoms with van der Waals surface area (Å²) in [5.74, 6) is -1.01. The number of halogens is 1. The second-order valence-corrected chi connectivity index (χ2v) is 4.17. The van der Waals surface area contributed by atoms with E-state index in [1.807, 2.05) is 24.3 Å². The van der Waals surface area contributed by atoms with E-state index in [4.69, 9.17) is 5.11 Å². The summed E-state index contributed by atoms with van der Waals surface area (Å²) in [6.07, 6.45) is 1.63. The fourth-order valence-electron chi connectivity index (χ4n) is 1.18. The molecule has 0 aliphatic rings. The van der Waals surface area contributed by atoms with Crippen LogP contribution >= 0.6 is 22.6 Å². The molecule has 2 aromatic rings. The van der Waals surface area contributed by atoms with Crippen LogP contribution < -0.4 is 0 Å². The van der Waals surface area contributed by atoms with Gasteiger partial charge in [0, 0.05) is 9.77 Å². The highest BCUT2D eigenvalue weighted by atomic mass is 127. The first-order chi connectivity index (χ1) is 7.16. The van der Waals surface area contributed by atoms with Gasteiger partial charge in [0.25, 0.3) is 0 Å². The van der Waals surface area contributed by atoms with E-state index in [0.717, 1.165) is 9.26 Å². The van der Waals surface area contributed by atoms with Crippen molar-refractivity contribution in [2.24, 2.45) is 0 Å². The molecule has 1 aromatic heterocycles. The van der Waals surface area contributed by atoms with Crippen molar-refractivity contribution in [2.45, 2.75) is 0 Å². The van der Waals surface area contributed by atoms with Gasteiger partial charge < -0.3 is 5.11 Å². The van der Waals surface area contributed by atoms with Crippen LogP contribution in [0.2, 0.25) is 0 Å². The van der Waals surface area contributed by atoms with Crippen LogP contribution in [0.25, 0.3) is 5.69 Å². The molecule has 5 heteroatoms. The molecule has 0 spiro atoms. The summed E-state index contributed by atoms with van der Waals surface area (Å²) in [5.41, 5.74) is 0.900. The summed E-state index contributed by atoms with van der Waals surface area (Å²) in [4.78, 5) is 10.6. The average molecular weight is 314 g/mol. The number of hydrogen-bond acceptors (Lipinski definition) is 2. The molecule has 0 aliphatic carbocycles. The Bertz CT molecular complexity index is 490. The number of aromatic nitrogens is 2. The lowest BCUT2D eigenvalue weighted by Gasteiger charge is -2.00. The fourth-order valence-corrected chi connectivity index (χ4v) is 1.54. The zero-order chi connectivity index (χ0) is 10.8. The quantitative estimate of drug-likeness (QED) is 0.865. The number of carbonyl (C=O) groups is 1. The van der Waals surface area contributed by atoms with Crippen LogP contribution in [0.1, 0.15) is 10.5 Å². The van der Waals surface area contributed by atoms with E-state index in [-0.39, 0.29) is 5.69 Å². The zero-order valence-electron chi connectivity index (χ0n) is 7.59.